The highest BCUT2D eigenvalue weighted by Gasteiger charge is 2.27. The van der Waals surface area contributed by atoms with Crippen LogP contribution in [-0.2, 0) is 15.9 Å². The Morgan fingerprint density at radius 1 is 1.44 bits per heavy atom. The van der Waals surface area contributed by atoms with E-state index in [1.54, 1.807) is 7.11 Å². The van der Waals surface area contributed by atoms with Gasteiger partial charge in [-0.3, -0.25) is 0 Å². The number of rotatable bonds is 7. The number of hydrogen-bond acceptors (Lipinski definition) is 7. The van der Waals surface area contributed by atoms with Crippen LogP contribution in [0, 0.1) is 0 Å². The lowest BCUT2D eigenvalue weighted by atomic mass is 10.2. The summed E-state index contributed by atoms with van der Waals surface area (Å²) in [6.45, 7) is 2.27. The average Bonchev–Trinajstić information content (AvgIpc) is 2.97. The van der Waals surface area contributed by atoms with Crippen LogP contribution in [0.5, 0.6) is 0 Å². The number of aliphatic hydroxyl groups excluding tert-OH is 1. The van der Waals surface area contributed by atoms with E-state index in [0.29, 0.717) is 50.9 Å². The normalized spacial score (nSPS) is 23.7. The Kier molecular flexibility index (Phi) is 5.06. The zero-order chi connectivity index (χ0) is 12.8. The van der Waals surface area contributed by atoms with Gasteiger partial charge in [0.05, 0.1) is 32.0 Å². The topological polar surface area (TPSA) is 89.6 Å². The third kappa shape index (κ3) is 3.74. The van der Waals surface area contributed by atoms with Crippen LogP contribution in [0.2, 0.25) is 0 Å². The van der Waals surface area contributed by atoms with Crippen molar-refractivity contribution in [1.82, 2.24) is 15.5 Å². The van der Waals surface area contributed by atoms with Crippen molar-refractivity contribution < 1.29 is 19.1 Å². The van der Waals surface area contributed by atoms with Gasteiger partial charge in [0, 0.05) is 20.1 Å². The maximum absolute atomic E-state index is 9.41. The van der Waals surface area contributed by atoms with Crippen LogP contribution in [0.3, 0.4) is 0 Å². The van der Waals surface area contributed by atoms with Crippen LogP contribution in [0.15, 0.2) is 4.52 Å². The molecular formula is C11H19N3O4. The molecule has 2 N–H and O–H groups in total. The summed E-state index contributed by atoms with van der Waals surface area (Å²) in [7, 11) is 1.64. The SMILES string of the molecule is COCCOCCc1noc([C@@H]2CC(O)CN2)n1. The minimum atomic E-state index is -0.331. The molecule has 102 valence electrons. The largest absolute Gasteiger partial charge is 0.392 e. The molecule has 0 saturated carbocycles. The summed E-state index contributed by atoms with van der Waals surface area (Å²) in [5, 5.41) is 16.4. The third-order valence-corrected chi connectivity index (χ3v) is 2.79. The fraction of sp³-hybridized carbons (Fsp3) is 0.818. The number of nitrogens with zero attached hydrogens (tertiary/aromatic N) is 2. The minimum Gasteiger partial charge on any atom is -0.392 e. The molecule has 1 fully saturated rings. The highest BCUT2D eigenvalue weighted by molar-refractivity contribution is 4.97. The molecule has 18 heavy (non-hydrogen) atoms. The molecule has 7 nitrogen and oxygen atoms in total. The number of β-amino-alcohol motifs (C(OH)–C–C–N with tert-alkyl or cyclic N) is 1. The van der Waals surface area contributed by atoms with Gasteiger partial charge in [0.15, 0.2) is 5.82 Å². The number of aromatic nitrogens is 2. The van der Waals surface area contributed by atoms with Crippen molar-refractivity contribution in [2.45, 2.75) is 25.0 Å². The summed E-state index contributed by atoms with van der Waals surface area (Å²) >= 11 is 0. The number of nitrogens with one attached hydrogen (secondary N) is 1. The molecule has 1 aromatic rings. The van der Waals surface area contributed by atoms with E-state index >= 15 is 0 Å². The first-order valence-electron chi connectivity index (χ1n) is 6.10. The van der Waals surface area contributed by atoms with E-state index in [4.69, 9.17) is 14.0 Å². The fourth-order valence-corrected chi connectivity index (χ4v) is 1.82. The van der Waals surface area contributed by atoms with Crippen molar-refractivity contribution in [3.63, 3.8) is 0 Å². The van der Waals surface area contributed by atoms with E-state index in [0.717, 1.165) is 0 Å². The van der Waals surface area contributed by atoms with Gasteiger partial charge < -0.3 is 24.4 Å². The molecule has 1 unspecified atom stereocenters. The Bertz CT molecular complexity index is 358. The second kappa shape index (κ2) is 6.79. The summed E-state index contributed by atoms with van der Waals surface area (Å²) in [4.78, 5) is 4.28. The predicted octanol–water partition coefficient (Wildman–Crippen LogP) is -0.330. The summed E-state index contributed by atoms with van der Waals surface area (Å²) in [6.07, 6.45) is 0.900. The molecule has 0 bridgehead atoms. The molecule has 2 atom stereocenters. The Balaban J connectivity index is 1.72. The van der Waals surface area contributed by atoms with Crippen LogP contribution in [-0.4, -0.2) is 54.8 Å². The smallest absolute Gasteiger partial charge is 0.243 e. The molecule has 0 aliphatic carbocycles. The number of ether oxygens (including phenoxy) is 2. The maximum Gasteiger partial charge on any atom is 0.243 e. The van der Waals surface area contributed by atoms with Gasteiger partial charge in [0.1, 0.15) is 0 Å². The average molecular weight is 257 g/mol. The van der Waals surface area contributed by atoms with Gasteiger partial charge >= 0.3 is 0 Å². The van der Waals surface area contributed by atoms with Crippen LogP contribution in [0.1, 0.15) is 24.2 Å². The number of hydrogen-bond donors (Lipinski definition) is 2. The second-order valence-electron chi connectivity index (χ2n) is 4.25. The molecule has 0 amide bonds. The molecule has 1 saturated heterocycles. The Morgan fingerprint density at radius 2 is 2.33 bits per heavy atom. The van der Waals surface area contributed by atoms with Gasteiger partial charge in [0.2, 0.25) is 5.89 Å². The molecule has 0 spiro atoms. The quantitative estimate of drug-likeness (QED) is 0.646. The summed E-state index contributed by atoms with van der Waals surface area (Å²) in [6, 6.07) is -0.0318. The molecular weight excluding hydrogens is 238 g/mol. The van der Waals surface area contributed by atoms with Gasteiger partial charge in [0.25, 0.3) is 0 Å². The van der Waals surface area contributed by atoms with E-state index in [1.165, 1.54) is 0 Å². The van der Waals surface area contributed by atoms with Crippen molar-refractivity contribution in [2.24, 2.45) is 0 Å². The molecule has 0 radical (unpaired) electrons. The first-order valence-corrected chi connectivity index (χ1v) is 6.10. The zero-order valence-corrected chi connectivity index (χ0v) is 10.5. The van der Waals surface area contributed by atoms with E-state index in [-0.39, 0.29) is 12.1 Å². The van der Waals surface area contributed by atoms with Crippen molar-refractivity contribution in [3.8, 4) is 0 Å². The number of aliphatic hydroxyl groups is 1. The van der Waals surface area contributed by atoms with Gasteiger partial charge in [-0.1, -0.05) is 5.16 Å². The van der Waals surface area contributed by atoms with Crippen molar-refractivity contribution >= 4 is 0 Å². The third-order valence-electron chi connectivity index (χ3n) is 2.79. The summed E-state index contributed by atoms with van der Waals surface area (Å²) < 4.78 is 15.4. The molecule has 2 rings (SSSR count). The monoisotopic (exact) mass is 257 g/mol. The van der Waals surface area contributed by atoms with E-state index in [9.17, 15) is 5.11 Å². The second-order valence-corrected chi connectivity index (χ2v) is 4.25. The van der Waals surface area contributed by atoms with Crippen LogP contribution in [0.25, 0.3) is 0 Å². The lowest BCUT2D eigenvalue weighted by molar-refractivity contribution is 0.0714. The molecule has 1 aliphatic rings. The molecule has 0 aromatic carbocycles. The lowest BCUT2D eigenvalue weighted by Crippen LogP contribution is -2.15. The van der Waals surface area contributed by atoms with Gasteiger partial charge in [-0.2, -0.15) is 4.98 Å². The minimum absolute atomic E-state index is 0.0318. The maximum atomic E-state index is 9.41. The van der Waals surface area contributed by atoms with E-state index < -0.39 is 0 Å². The van der Waals surface area contributed by atoms with E-state index in [2.05, 4.69) is 15.5 Å². The zero-order valence-electron chi connectivity index (χ0n) is 10.5. The summed E-state index contributed by atoms with van der Waals surface area (Å²) in [5.41, 5.74) is 0. The Labute approximate surface area is 105 Å². The highest BCUT2D eigenvalue weighted by Crippen LogP contribution is 2.21. The Hall–Kier alpha value is -1.02. The first kappa shape index (κ1) is 13.4. The van der Waals surface area contributed by atoms with Gasteiger partial charge in [-0.25, -0.2) is 0 Å². The van der Waals surface area contributed by atoms with Crippen LogP contribution >= 0.6 is 0 Å². The molecule has 1 aromatic heterocycles. The number of methoxy groups -OCH3 is 1. The summed E-state index contributed by atoms with van der Waals surface area (Å²) in [5.74, 6) is 1.17. The lowest BCUT2D eigenvalue weighted by Gasteiger charge is -2.02. The van der Waals surface area contributed by atoms with Crippen LogP contribution in [0.4, 0.5) is 0 Å². The standard InChI is InChI=1S/C11H19N3O4/c1-16-4-5-17-3-2-10-13-11(18-14-10)9-6-8(15)7-12-9/h8-9,12,15H,2-7H2,1H3/t8?,9-/m0/s1. The first-order chi connectivity index (χ1) is 8.79. The fourth-order valence-electron chi connectivity index (χ4n) is 1.82. The van der Waals surface area contributed by atoms with Crippen LogP contribution < -0.4 is 5.32 Å². The highest BCUT2D eigenvalue weighted by atomic mass is 16.5. The van der Waals surface area contributed by atoms with Gasteiger partial charge in [-0.05, 0) is 6.42 Å². The van der Waals surface area contributed by atoms with E-state index in [1.807, 2.05) is 0 Å². The van der Waals surface area contributed by atoms with Crippen molar-refractivity contribution in [2.75, 3.05) is 33.5 Å². The molecule has 7 heteroatoms. The van der Waals surface area contributed by atoms with Gasteiger partial charge in [-0.15, -0.1) is 0 Å². The van der Waals surface area contributed by atoms with Crippen molar-refractivity contribution in [1.29, 1.82) is 0 Å². The molecule has 2 heterocycles. The predicted molar refractivity (Wildman–Crippen MR) is 62.1 cm³/mol. The van der Waals surface area contributed by atoms with Crippen molar-refractivity contribution in [3.05, 3.63) is 11.7 Å². The molecule has 1 aliphatic heterocycles. The Morgan fingerprint density at radius 3 is 3.06 bits per heavy atom.